The fraction of sp³-hybridized carbons (Fsp3) is 0.833. The minimum absolute atomic E-state index is 0.235. The first-order valence-electron chi connectivity index (χ1n) is 8.55. The lowest BCUT2D eigenvalue weighted by Crippen LogP contribution is -2.40. The number of Topliss-reactive ketones (excluding diaryl/α,β-unsaturated/α-hetero) is 1. The quantitative estimate of drug-likeness (QED) is 0.648. The Morgan fingerprint density at radius 3 is 2.29 bits per heavy atom. The Morgan fingerprint density at radius 2 is 1.71 bits per heavy atom. The molecule has 1 fully saturated rings. The van der Waals surface area contributed by atoms with Gasteiger partial charge in [0.15, 0.2) is 0 Å². The number of carbonyl (C=O) groups excluding carboxylic acids is 1. The molecule has 0 radical (unpaired) electrons. The van der Waals surface area contributed by atoms with E-state index < -0.39 is 8.32 Å². The van der Waals surface area contributed by atoms with E-state index in [1.54, 1.807) is 0 Å². The van der Waals surface area contributed by atoms with Crippen LogP contribution in [-0.2, 0) is 9.22 Å². The third-order valence-electron chi connectivity index (χ3n) is 5.95. The molecule has 0 unspecified atom stereocenters. The van der Waals surface area contributed by atoms with Crippen LogP contribution >= 0.6 is 0 Å². The lowest BCUT2D eigenvalue weighted by atomic mass is 9.76. The van der Waals surface area contributed by atoms with Gasteiger partial charge in [-0.15, -0.1) is 0 Å². The standard InChI is InChI=1S/C18H32O2Si/c1-13-14(15-9-7-8-10-16(15)19)11-12-17(13)20-21(5,6)18(2,3)4/h14-15H,7-12H2,1-6H3/t14-,15-/m0/s1. The molecule has 2 aliphatic carbocycles. The van der Waals surface area contributed by atoms with Gasteiger partial charge >= 0.3 is 0 Å². The average Bonchev–Trinajstić information content (AvgIpc) is 2.70. The molecule has 2 atom stereocenters. The van der Waals surface area contributed by atoms with Gasteiger partial charge in [0, 0.05) is 18.8 Å². The van der Waals surface area contributed by atoms with Crippen LogP contribution in [0.5, 0.6) is 0 Å². The molecule has 2 rings (SSSR count). The molecule has 2 nitrogen and oxygen atoms in total. The molecule has 0 aromatic heterocycles. The summed E-state index contributed by atoms with van der Waals surface area (Å²) in [5.74, 6) is 2.45. The van der Waals surface area contributed by atoms with Gasteiger partial charge in [-0.1, -0.05) is 27.2 Å². The maximum absolute atomic E-state index is 12.2. The molecule has 120 valence electrons. The van der Waals surface area contributed by atoms with Gasteiger partial charge in [-0.3, -0.25) is 4.79 Å². The summed E-state index contributed by atoms with van der Waals surface area (Å²) in [4.78, 5) is 12.2. The number of ketones is 1. The van der Waals surface area contributed by atoms with E-state index in [0.29, 0.717) is 11.7 Å². The Morgan fingerprint density at radius 1 is 1.05 bits per heavy atom. The van der Waals surface area contributed by atoms with Crippen LogP contribution in [-0.4, -0.2) is 14.1 Å². The molecule has 3 heteroatoms. The normalized spacial score (nSPS) is 28.2. The first-order chi connectivity index (χ1) is 9.63. The molecule has 2 aliphatic rings. The monoisotopic (exact) mass is 308 g/mol. The summed E-state index contributed by atoms with van der Waals surface area (Å²) in [5.41, 5.74) is 1.38. The number of rotatable bonds is 3. The van der Waals surface area contributed by atoms with Crippen molar-refractivity contribution in [1.29, 1.82) is 0 Å². The van der Waals surface area contributed by atoms with Gasteiger partial charge in [0.25, 0.3) is 0 Å². The maximum atomic E-state index is 12.2. The highest BCUT2D eigenvalue weighted by atomic mass is 28.4. The predicted molar refractivity (Wildman–Crippen MR) is 90.7 cm³/mol. The van der Waals surface area contributed by atoms with E-state index in [1.807, 2.05) is 0 Å². The fourth-order valence-electron chi connectivity index (χ4n) is 3.44. The number of allylic oxidation sites excluding steroid dienone is 2. The highest BCUT2D eigenvalue weighted by Gasteiger charge is 2.42. The van der Waals surface area contributed by atoms with Gasteiger partial charge in [0.05, 0.1) is 5.76 Å². The molecule has 1 saturated carbocycles. The summed E-state index contributed by atoms with van der Waals surface area (Å²) < 4.78 is 6.54. The first-order valence-corrected chi connectivity index (χ1v) is 11.5. The van der Waals surface area contributed by atoms with Crippen molar-refractivity contribution in [2.45, 2.75) is 84.4 Å². The van der Waals surface area contributed by atoms with Crippen molar-refractivity contribution in [2.75, 3.05) is 0 Å². The number of hydrogen-bond donors (Lipinski definition) is 0. The highest BCUT2D eigenvalue weighted by Crippen LogP contribution is 2.45. The van der Waals surface area contributed by atoms with Crippen molar-refractivity contribution in [3.05, 3.63) is 11.3 Å². The molecule has 0 aromatic rings. The zero-order chi connectivity index (χ0) is 15.8. The van der Waals surface area contributed by atoms with Crippen molar-refractivity contribution >= 4 is 14.1 Å². The zero-order valence-electron chi connectivity index (χ0n) is 14.7. The van der Waals surface area contributed by atoms with Crippen LogP contribution in [0.25, 0.3) is 0 Å². The van der Waals surface area contributed by atoms with Crippen molar-refractivity contribution in [2.24, 2.45) is 11.8 Å². The minimum atomic E-state index is -1.75. The molecule has 0 amide bonds. The molecule has 0 heterocycles. The average molecular weight is 309 g/mol. The van der Waals surface area contributed by atoms with Gasteiger partial charge < -0.3 is 4.43 Å². The second kappa shape index (κ2) is 5.90. The zero-order valence-corrected chi connectivity index (χ0v) is 15.7. The van der Waals surface area contributed by atoms with Crippen LogP contribution in [0.2, 0.25) is 18.1 Å². The van der Waals surface area contributed by atoms with E-state index in [2.05, 4.69) is 40.8 Å². The van der Waals surface area contributed by atoms with Crippen LogP contribution in [0.15, 0.2) is 11.3 Å². The van der Waals surface area contributed by atoms with Crippen molar-refractivity contribution in [3.8, 4) is 0 Å². The number of carbonyl (C=O) groups is 1. The number of hydrogen-bond acceptors (Lipinski definition) is 2. The molecule has 0 aromatic carbocycles. The Labute approximate surface area is 131 Å². The molecule has 0 saturated heterocycles. The largest absolute Gasteiger partial charge is 0.547 e. The Hall–Kier alpha value is -0.573. The molecule has 0 bridgehead atoms. The second-order valence-electron chi connectivity index (χ2n) is 8.43. The predicted octanol–water partition coefficient (Wildman–Crippen LogP) is 5.45. The smallest absolute Gasteiger partial charge is 0.250 e. The summed E-state index contributed by atoms with van der Waals surface area (Å²) in [5, 5.41) is 0.235. The van der Waals surface area contributed by atoms with Crippen LogP contribution < -0.4 is 0 Å². The van der Waals surface area contributed by atoms with Crippen molar-refractivity contribution in [3.63, 3.8) is 0 Å². The van der Waals surface area contributed by atoms with Gasteiger partial charge in [0.2, 0.25) is 8.32 Å². The summed E-state index contributed by atoms with van der Waals surface area (Å²) in [7, 11) is -1.75. The topological polar surface area (TPSA) is 26.3 Å². The van der Waals surface area contributed by atoms with Crippen molar-refractivity contribution in [1.82, 2.24) is 0 Å². The molecule has 0 spiro atoms. The first kappa shape index (κ1) is 16.8. The lowest BCUT2D eigenvalue weighted by Gasteiger charge is -2.37. The van der Waals surface area contributed by atoms with Gasteiger partial charge in [-0.2, -0.15) is 0 Å². The van der Waals surface area contributed by atoms with E-state index in [-0.39, 0.29) is 11.0 Å². The fourth-order valence-corrected chi connectivity index (χ4v) is 4.62. The summed E-state index contributed by atoms with van der Waals surface area (Å²) >= 11 is 0. The van der Waals surface area contributed by atoms with Gasteiger partial charge in [-0.05, 0) is 55.8 Å². The molecular weight excluding hydrogens is 276 g/mol. The van der Waals surface area contributed by atoms with Crippen LogP contribution in [0.1, 0.15) is 66.2 Å². The Bertz CT molecular complexity index is 443. The van der Waals surface area contributed by atoms with Crippen LogP contribution in [0, 0.1) is 11.8 Å². The SMILES string of the molecule is CC1=C(O[Si](C)(C)C(C)(C)C)CC[C@@H]1[C@@H]1CCCCC1=O. The minimum Gasteiger partial charge on any atom is -0.547 e. The van der Waals surface area contributed by atoms with Gasteiger partial charge in [-0.25, -0.2) is 0 Å². The Balaban J connectivity index is 2.13. The molecule has 21 heavy (non-hydrogen) atoms. The van der Waals surface area contributed by atoms with E-state index in [1.165, 1.54) is 17.8 Å². The van der Waals surface area contributed by atoms with E-state index >= 15 is 0 Å². The molecular formula is C18H32O2Si. The highest BCUT2D eigenvalue weighted by molar-refractivity contribution is 6.74. The van der Waals surface area contributed by atoms with Crippen molar-refractivity contribution < 1.29 is 9.22 Å². The second-order valence-corrected chi connectivity index (χ2v) is 13.2. The lowest BCUT2D eigenvalue weighted by molar-refractivity contribution is -0.125. The molecule has 0 aliphatic heterocycles. The summed E-state index contributed by atoms with van der Waals surface area (Å²) in [6, 6.07) is 0. The van der Waals surface area contributed by atoms with E-state index in [4.69, 9.17) is 4.43 Å². The van der Waals surface area contributed by atoms with Crippen LogP contribution in [0.3, 0.4) is 0 Å². The maximum Gasteiger partial charge on any atom is 0.250 e. The van der Waals surface area contributed by atoms with E-state index in [9.17, 15) is 4.79 Å². The summed E-state index contributed by atoms with van der Waals surface area (Å²) in [6.07, 6.45) is 6.36. The Kier molecular flexibility index (Phi) is 4.72. The molecule has 0 N–H and O–H groups in total. The van der Waals surface area contributed by atoms with Gasteiger partial charge in [0.1, 0.15) is 5.78 Å². The van der Waals surface area contributed by atoms with Crippen LogP contribution in [0.4, 0.5) is 0 Å². The third kappa shape index (κ3) is 3.44. The third-order valence-corrected chi connectivity index (χ3v) is 10.3. The summed E-state index contributed by atoms with van der Waals surface area (Å²) in [6.45, 7) is 13.7. The van der Waals surface area contributed by atoms with E-state index in [0.717, 1.165) is 32.1 Å².